The Labute approximate surface area is 220 Å². The monoisotopic (exact) mass is 503 g/mol. The van der Waals surface area contributed by atoms with Gasteiger partial charge in [-0.1, -0.05) is 54.6 Å². The third-order valence-electron chi connectivity index (χ3n) is 6.32. The quantitative estimate of drug-likeness (QED) is 0.223. The summed E-state index contributed by atoms with van der Waals surface area (Å²) in [5.74, 6) is -1.20. The highest BCUT2D eigenvalue weighted by atomic mass is 16.5. The summed E-state index contributed by atoms with van der Waals surface area (Å²) in [7, 11) is 7.85. The fourth-order valence-electron chi connectivity index (χ4n) is 4.40. The second kappa shape index (κ2) is 12.1. The molecule has 0 spiro atoms. The Bertz CT molecular complexity index is 1220. The van der Waals surface area contributed by atoms with Gasteiger partial charge in [0.25, 0.3) is 5.91 Å². The van der Waals surface area contributed by atoms with Gasteiger partial charge in [0, 0.05) is 17.2 Å². The molecule has 1 amide bonds. The van der Waals surface area contributed by atoms with E-state index in [-0.39, 0.29) is 11.9 Å². The van der Waals surface area contributed by atoms with Gasteiger partial charge in [-0.2, -0.15) is 0 Å². The number of amides is 1. The third kappa shape index (κ3) is 7.98. The molecule has 3 rings (SSSR count). The number of carbonyl (C=O) groups excluding carboxylic acids is 2. The zero-order valence-corrected chi connectivity index (χ0v) is 22.4. The van der Waals surface area contributed by atoms with Gasteiger partial charge in [0.1, 0.15) is 6.54 Å². The second-order valence-electron chi connectivity index (χ2n) is 10.6. The van der Waals surface area contributed by atoms with Crippen LogP contribution in [0.25, 0.3) is 11.1 Å². The van der Waals surface area contributed by atoms with Crippen LogP contribution in [0.4, 0.5) is 0 Å². The summed E-state index contributed by atoms with van der Waals surface area (Å²) in [5, 5.41) is 2.97. The lowest BCUT2D eigenvalue weighted by Gasteiger charge is -2.24. The number of rotatable bonds is 10. The minimum absolute atomic E-state index is 0.246. The van der Waals surface area contributed by atoms with Gasteiger partial charge in [-0.15, -0.1) is 0 Å². The first-order chi connectivity index (χ1) is 17.5. The number of nitrogens with zero attached hydrogens (tertiary/aromatic N) is 1. The van der Waals surface area contributed by atoms with Crippen LogP contribution in [0.1, 0.15) is 40.1 Å². The lowest BCUT2D eigenvalue weighted by Crippen LogP contribution is -2.42. The van der Waals surface area contributed by atoms with Crippen molar-refractivity contribution in [3.63, 3.8) is 0 Å². The molecule has 0 saturated heterocycles. The highest BCUT2D eigenvalue weighted by molar-refractivity contribution is 5.95. The molecule has 0 aliphatic heterocycles. The van der Waals surface area contributed by atoms with Crippen LogP contribution in [0.15, 0.2) is 72.8 Å². The molecule has 0 heterocycles. The lowest BCUT2D eigenvalue weighted by molar-refractivity contribution is -0.884. The number of esters is 1. The van der Waals surface area contributed by atoms with Gasteiger partial charge >= 0.3 is 5.97 Å². The van der Waals surface area contributed by atoms with Crippen LogP contribution in [0.2, 0.25) is 0 Å². The topological polar surface area (TPSA) is 107 Å². The smallest absolute Gasteiger partial charge is 0.311 e. The molecule has 0 aliphatic rings. The van der Waals surface area contributed by atoms with Crippen molar-refractivity contribution in [1.82, 2.24) is 5.32 Å². The average Bonchev–Trinajstić information content (AvgIpc) is 2.86. The summed E-state index contributed by atoms with van der Waals surface area (Å²) in [6, 6.07) is 23.0. The molecule has 196 valence electrons. The molecule has 0 aromatic heterocycles. The zero-order valence-electron chi connectivity index (χ0n) is 22.4. The van der Waals surface area contributed by atoms with Gasteiger partial charge in [0.15, 0.2) is 0 Å². The number of nitrogens with two attached hydrogens (primary N) is 2. The maximum Gasteiger partial charge on any atom is 0.311 e. The predicted octanol–water partition coefficient (Wildman–Crippen LogP) is 3.63. The molecule has 0 fully saturated rings. The molecule has 7 heteroatoms. The molecule has 0 bridgehead atoms. The number of hydrogen-bond acceptors (Lipinski definition) is 5. The number of quaternary nitrogens is 1. The van der Waals surface area contributed by atoms with E-state index in [1.165, 1.54) is 12.7 Å². The molecule has 7 nitrogen and oxygen atoms in total. The Morgan fingerprint density at radius 1 is 0.892 bits per heavy atom. The summed E-state index contributed by atoms with van der Waals surface area (Å²) in [4.78, 5) is 25.6. The molecule has 5 N–H and O–H groups in total. The third-order valence-corrected chi connectivity index (χ3v) is 6.32. The summed E-state index contributed by atoms with van der Waals surface area (Å²) in [5.41, 5.74) is 17.2. The van der Waals surface area contributed by atoms with Crippen LogP contribution in [0.3, 0.4) is 0 Å². The van der Waals surface area contributed by atoms with Crippen molar-refractivity contribution in [3.05, 3.63) is 95.1 Å². The molecule has 3 aromatic rings. The van der Waals surface area contributed by atoms with Crippen molar-refractivity contribution in [1.29, 1.82) is 0 Å². The first-order valence-corrected chi connectivity index (χ1v) is 12.5. The number of hydrogen-bond donors (Lipinski definition) is 3. The first-order valence-electron chi connectivity index (χ1n) is 12.5. The standard InChI is InChI=1S/C30H38N4O3/c1-20(27(30(36)37-5)18-21-8-6-11-26(16-21)28(31)32)33-29(35)24-14-12-23(13-15-24)25-10-7-9-22(17-25)19-34(2,3)4/h6-17,20,27-28H,18-19,31-32H2,1-5H3/p+1. The van der Waals surface area contributed by atoms with Crippen LogP contribution < -0.4 is 16.8 Å². The molecule has 0 aliphatic carbocycles. The summed E-state index contributed by atoms with van der Waals surface area (Å²) in [6.07, 6.45) is -0.214. The number of methoxy groups -OCH3 is 1. The largest absolute Gasteiger partial charge is 0.469 e. The maximum atomic E-state index is 13.0. The van der Waals surface area contributed by atoms with E-state index in [4.69, 9.17) is 16.2 Å². The van der Waals surface area contributed by atoms with Crippen molar-refractivity contribution in [2.75, 3.05) is 28.3 Å². The fraction of sp³-hybridized carbons (Fsp3) is 0.333. The highest BCUT2D eigenvalue weighted by Crippen LogP contribution is 2.23. The van der Waals surface area contributed by atoms with Crippen LogP contribution in [0.5, 0.6) is 0 Å². The van der Waals surface area contributed by atoms with E-state index in [9.17, 15) is 9.59 Å². The average molecular weight is 504 g/mol. The summed E-state index contributed by atoms with van der Waals surface area (Å²) in [6.45, 7) is 2.74. The van der Waals surface area contributed by atoms with Gasteiger partial charge in [0.2, 0.25) is 0 Å². The fourth-order valence-corrected chi connectivity index (χ4v) is 4.40. The summed E-state index contributed by atoms with van der Waals surface area (Å²) >= 11 is 0. The minimum Gasteiger partial charge on any atom is -0.469 e. The minimum atomic E-state index is -0.600. The Hall–Kier alpha value is -3.52. The lowest BCUT2D eigenvalue weighted by atomic mass is 9.91. The number of nitrogens with one attached hydrogen (secondary N) is 1. The van der Waals surface area contributed by atoms with Gasteiger partial charge in [-0.05, 0) is 53.8 Å². The maximum absolute atomic E-state index is 13.0. The Morgan fingerprint density at radius 3 is 2.16 bits per heavy atom. The van der Waals surface area contributed by atoms with Gasteiger partial charge in [-0.25, -0.2) is 0 Å². The van der Waals surface area contributed by atoms with E-state index >= 15 is 0 Å². The van der Waals surface area contributed by atoms with Gasteiger partial charge in [-0.3, -0.25) is 9.59 Å². The SMILES string of the molecule is COC(=O)C(Cc1cccc(C(N)N)c1)C(C)NC(=O)c1ccc(-c2cccc(C[N+](C)(C)C)c2)cc1. The molecule has 0 saturated carbocycles. The van der Waals surface area contributed by atoms with Crippen LogP contribution in [0, 0.1) is 5.92 Å². The molecule has 2 atom stereocenters. The van der Waals surface area contributed by atoms with Crippen molar-refractivity contribution < 1.29 is 18.8 Å². The molecular weight excluding hydrogens is 464 g/mol. The Kier molecular flexibility index (Phi) is 9.21. The predicted molar refractivity (Wildman–Crippen MR) is 147 cm³/mol. The molecule has 2 unspecified atom stereocenters. The number of ether oxygens (including phenoxy) is 1. The Balaban J connectivity index is 1.71. The Morgan fingerprint density at radius 2 is 1.54 bits per heavy atom. The van der Waals surface area contributed by atoms with Gasteiger partial charge < -0.3 is 26.0 Å². The van der Waals surface area contributed by atoms with Crippen LogP contribution in [-0.2, 0) is 22.5 Å². The highest BCUT2D eigenvalue weighted by Gasteiger charge is 2.28. The number of benzene rings is 3. The van der Waals surface area contributed by atoms with Gasteiger partial charge in [0.05, 0.1) is 40.3 Å². The normalized spacial score (nSPS) is 13.2. The molecule has 0 radical (unpaired) electrons. The second-order valence-corrected chi connectivity index (χ2v) is 10.6. The first kappa shape index (κ1) is 28.1. The number of carbonyl (C=O) groups is 2. The van der Waals surface area contributed by atoms with E-state index in [2.05, 4.69) is 50.7 Å². The molecular formula is C30H39N4O3+. The van der Waals surface area contributed by atoms with Crippen LogP contribution >= 0.6 is 0 Å². The zero-order chi connectivity index (χ0) is 27.2. The molecule has 3 aromatic carbocycles. The van der Waals surface area contributed by atoms with E-state index in [0.29, 0.717) is 12.0 Å². The van der Waals surface area contributed by atoms with E-state index in [0.717, 1.165) is 33.3 Å². The van der Waals surface area contributed by atoms with E-state index in [1.807, 2.05) is 55.5 Å². The van der Waals surface area contributed by atoms with Crippen molar-refractivity contribution >= 4 is 11.9 Å². The van der Waals surface area contributed by atoms with E-state index < -0.39 is 18.1 Å². The van der Waals surface area contributed by atoms with Crippen LogP contribution in [-0.4, -0.2) is 50.7 Å². The van der Waals surface area contributed by atoms with Crippen molar-refractivity contribution in [2.24, 2.45) is 17.4 Å². The summed E-state index contributed by atoms with van der Waals surface area (Å²) < 4.78 is 5.88. The van der Waals surface area contributed by atoms with E-state index in [1.54, 1.807) is 0 Å². The molecule has 37 heavy (non-hydrogen) atoms. The van der Waals surface area contributed by atoms with Crippen molar-refractivity contribution in [3.8, 4) is 11.1 Å². The van der Waals surface area contributed by atoms with Crippen molar-refractivity contribution in [2.45, 2.75) is 32.1 Å².